The minimum atomic E-state index is 0.0125. The SMILES string of the molecule is CN1/C(=C/C=C/C=C/C=C2c3ccccc3-c3ccccc32)C(C)(C)c2ccccc21. The van der Waals surface area contributed by atoms with Crippen molar-refractivity contribution in [3.63, 3.8) is 0 Å². The lowest BCUT2D eigenvalue weighted by Crippen LogP contribution is -2.22. The second-order valence-corrected chi connectivity index (χ2v) is 8.69. The Hall–Kier alpha value is -3.58. The first-order valence-corrected chi connectivity index (χ1v) is 10.9. The fourth-order valence-corrected chi connectivity index (χ4v) is 4.96. The molecule has 31 heavy (non-hydrogen) atoms. The molecule has 152 valence electrons. The first-order valence-electron chi connectivity index (χ1n) is 10.9. The third-order valence-corrected chi connectivity index (χ3v) is 6.52. The van der Waals surface area contributed by atoms with Crippen LogP contribution in [0.4, 0.5) is 5.69 Å². The van der Waals surface area contributed by atoms with Crippen LogP contribution in [0.25, 0.3) is 16.7 Å². The van der Waals surface area contributed by atoms with E-state index < -0.39 is 0 Å². The van der Waals surface area contributed by atoms with Gasteiger partial charge >= 0.3 is 0 Å². The molecule has 1 aliphatic carbocycles. The first-order chi connectivity index (χ1) is 15.1. The van der Waals surface area contributed by atoms with Gasteiger partial charge in [0.05, 0.1) is 0 Å². The van der Waals surface area contributed by atoms with Gasteiger partial charge in [0.25, 0.3) is 0 Å². The summed E-state index contributed by atoms with van der Waals surface area (Å²) < 4.78 is 0. The number of allylic oxidation sites excluding steroid dienone is 7. The predicted octanol–water partition coefficient (Wildman–Crippen LogP) is 7.52. The molecular weight excluding hydrogens is 374 g/mol. The minimum Gasteiger partial charge on any atom is -0.347 e. The van der Waals surface area contributed by atoms with Crippen LogP contribution in [0.3, 0.4) is 0 Å². The summed E-state index contributed by atoms with van der Waals surface area (Å²) in [6.07, 6.45) is 13.0. The average molecular weight is 402 g/mol. The highest BCUT2D eigenvalue weighted by Gasteiger charge is 2.37. The van der Waals surface area contributed by atoms with Gasteiger partial charge in [0, 0.05) is 23.8 Å². The molecule has 1 nitrogen and oxygen atoms in total. The van der Waals surface area contributed by atoms with Crippen LogP contribution < -0.4 is 4.90 Å². The summed E-state index contributed by atoms with van der Waals surface area (Å²) in [6, 6.07) is 26.0. The molecule has 0 unspecified atom stereocenters. The number of hydrogen-bond donors (Lipinski definition) is 0. The highest BCUT2D eigenvalue weighted by Crippen LogP contribution is 2.46. The van der Waals surface area contributed by atoms with Crippen LogP contribution in [-0.4, -0.2) is 7.05 Å². The Morgan fingerprint density at radius 1 is 0.613 bits per heavy atom. The Labute approximate surface area is 185 Å². The van der Waals surface area contributed by atoms with E-state index in [-0.39, 0.29) is 5.41 Å². The minimum absolute atomic E-state index is 0.0125. The second kappa shape index (κ2) is 7.59. The van der Waals surface area contributed by atoms with Crippen LogP contribution in [0.1, 0.15) is 30.5 Å². The number of rotatable bonds is 3. The third-order valence-electron chi connectivity index (χ3n) is 6.52. The molecule has 0 N–H and O–H groups in total. The Bertz CT molecular complexity index is 1220. The summed E-state index contributed by atoms with van der Waals surface area (Å²) in [6.45, 7) is 4.59. The number of benzene rings is 3. The summed E-state index contributed by atoms with van der Waals surface area (Å²) >= 11 is 0. The molecule has 2 aliphatic rings. The Morgan fingerprint density at radius 2 is 1.13 bits per heavy atom. The largest absolute Gasteiger partial charge is 0.347 e. The fraction of sp³-hybridized carbons (Fsp3) is 0.133. The molecule has 5 rings (SSSR count). The maximum absolute atomic E-state index is 2.30. The van der Waals surface area contributed by atoms with E-state index in [0.29, 0.717) is 0 Å². The molecule has 0 bridgehead atoms. The third kappa shape index (κ3) is 3.18. The van der Waals surface area contributed by atoms with Gasteiger partial charge in [-0.2, -0.15) is 0 Å². The molecule has 0 radical (unpaired) electrons. The highest BCUT2D eigenvalue weighted by molar-refractivity contribution is 6.01. The molecule has 1 heteroatoms. The van der Waals surface area contributed by atoms with E-state index in [1.165, 1.54) is 44.8 Å². The quantitative estimate of drug-likeness (QED) is 0.321. The number of nitrogens with zero attached hydrogens (tertiary/aromatic N) is 1. The van der Waals surface area contributed by atoms with E-state index in [1.807, 2.05) is 0 Å². The van der Waals surface area contributed by atoms with Crippen molar-refractivity contribution in [2.75, 3.05) is 11.9 Å². The molecule has 0 saturated carbocycles. The van der Waals surface area contributed by atoms with Gasteiger partial charge in [-0.25, -0.2) is 0 Å². The van der Waals surface area contributed by atoms with E-state index in [0.717, 1.165) is 0 Å². The fourth-order valence-electron chi connectivity index (χ4n) is 4.96. The summed E-state index contributed by atoms with van der Waals surface area (Å²) in [5.41, 5.74) is 10.6. The zero-order valence-electron chi connectivity index (χ0n) is 18.3. The molecule has 0 amide bonds. The topological polar surface area (TPSA) is 3.24 Å². The van der Waals surface area contributed by atoms with Crippen LogP contribution in [0.2, 0.25) is 0 Å². The van der Waals surface area contributed by atoms with Crippen LogP contribution in [0.5, 0.6) is 0 Å². The summed E-state index contributed by atoms with van der Waals surface area (Å²) in [7, 11) is 2.16. The molecule has 0 atom stereocenters. The molecule has 0 aromatic heterocycles. The average Bonchev–Trinajstić information content (AvgIpc) is 3.21. The zero-order chi connectivity index (χ0) is 21.4. The molecule has 0 fully saturated rings. The van der Waals surface area contributed by atoms with Gasteiger partial charge in [0.1, 0.15) is 0 Å². The van der Waals surface area contributed by atoms with Gasteiger partial charge in [0.2, 0.25) is 0 Å². The maximum atomic E-state index is 2.30. The molecule has 3 aromatic rings. The molecule has 0 saturated heterocycles. The van der Waals surface area contributed by atoms with E-state index in [2.05, 4.69) is 135 Å². The molecule has 3 aromatic carbocycles. The summed E-state index contributed by atoms with van der Waals surface area (Å²) in [4.78, 5) is 2.30. The lowest BCUT2D eigenvalue weighted by Gasteiger charge is -2.23. The second-order valence-electron chi connectivity index (χ2n) is 8.69. The van der Waals surface area contributed by atoms with E-state index in [1.54, 1.807) is 0 Å². The van der Waals surface area contributed by atoms with Gasteiger partial charge < -0.3 is 4.90 Å². The van der Waals surface area contributed by atoms with Gasteiger partial charge in [-0.05, 0) is 45.5 Å². The molecule has 0 spiro atoms. The first kappa shape index (κ1) is 19.4. The van der Waals surface area contributed by atoms with Crippen molar-refractivity contribution in [3.8, 4) is 11.1 Å². The zero-order valence-corrected chi connectivity index (χ0v) is 18.3. The summed E-state index contributed by atoms with van der Waals surface area (Å²) in [5.74, 6) is 0. The molecule has 1 heterocycles. The molecular formula is C30H27N. The van der Waals surface area contributed by atoms with Crippen molar-refractivity contribution in [2.45, 2.75) is 19.3 Å². The number of fused-ring (bicyclic) bond motifs is 4. The smallest absolute Gasteiger partial charge is 0.0447 e. The maximum Gasteiger partial charge on any atom is 0.0447 e. The standard InChI is InChI=1S/C30H27N/c1-30(2)27-19-12-13-20-28(27)31(3)29(30)21-7-5-4-6-14-22-23-15-8-10-17-25(23)26-18-11-9-16-24(22)26/h4-21H,1-3H3/b6-4+,7-5+,29-21+. The Morgan fingerprint density at radius 3 is 1.74 bits per heavy atom. The lowest BCUT2D eigenvalue weighted by molar-refractivity contribution is 0.640. The lowest BCUT2D eigenvalue weighted by atomic mass is 9.84. The molecule has 1 aliphatic heterocycles. The van der Waals surface area contributed by atoms with Gasteiger partial charge in [-0.15, -0.1) is 0 Å². The van der Waals surface area contributed by atoms with Gasteiger partial charge in [0.15, 0.2) is 0 Å². The van der Waals surface area contributed by atoms with Crippen molar-refractivity contribution in [2.24, 2.45) is 0 Å². The van der Waals surface area contributed by atoms with Crippen molar-refractivity contribution in [1.29, 1.82) is 0 Å². The number of para-hydroxylation sites is 1. The van der Waals surface area contributed by atoms with Gasteiger partial charge in [-0.3, -0.25) is 0 Å². The van der Waals surface area contributed by atoms with Crippen molar-refractivity contribution in [3.05, 3.63) is 132 Å². The normalized spacial score (nSPS) is 17.5. The van der Waals surface area contributed by atoms with Crippen molar-refractivity contribution in [1.82, 2.24) is 0 Å². The van der Waals surface area contributed by atoms with E-state index >= 15 is 0 Å². The van der Waals surface area contributed by atoms with Crippen LogP contribution in [0, 0.1) is 0 Å². The Kier molecular flexibility index (Phi) is 4.75. The summed E-state index contributed by atoms with van der Waals surface area (Å²) in [5, 5.41) is 0. The van der Waals surface area contributed by atoms with Crippen molar-refractivity contribution < 1.29 is 0 Å². The Balaban J connectivity index is 1.38. The highest BCUT2D eigenvalue weighted by atomic mass is 15.2. The van der Waals surface area contributed by atoms with Crippen LogP contribution in [0.15, 0.2) is 115 Å². The number of likely N-dealkylation sites (N-methyl/N-ethyl adjacent to an activating group) is 1. The number of hydrogen-bond acceptors (Lipinski definition) is 1. The van der Waals surface area contributed by atoms with Crippen LogP contribution >= 0.6 is 0 Å². The van der Waals surface area contributed by atoms with Crippen LogP contribution in [-0.2, 0) is 5.41 Å². The van der Waals surface area contributed by atoms with Crippen molar-refractivity contribution >= 4 is 11.3 Å². The van der Waals surface area contributed by atoms with E-state index in [4.69, 9.17) is 0 Å². The monoisotopic (exact) mass is 401 g/mol. The number of anilines is 1. The predicted molar refractivity (Wildman–Crippen MR) is 133 cm³/mol. The van der Waals surface area contributed by atoms with Gasteiger partial charge in [-0.1, -0.05) is 111 Å². The van der Waals surface area contributed by atoms with E-state index in [9.17, 15) is 0 Å².